The molecular formula is C27H36Cl2N2O2S. The Bertz CT molecular complexity index is 927. The second-order valence-corrected chi connectivity index (χ2v) is 12.3. The molecule has 3 fully saturated rings. The zero-order valence-electron chi connectivity index (χ0n) is 19.8. The molecule has 1 aromatic heterocycles. The lowest BCUT2D eigenvalue weighted by Gasteiger charge is -2.39. The predicted octanol–water partition coefficient (Wildman–Crippen LogP) is 5.91. The van der Waals surface area contributed by atoms with Gasteiger partial charge in [0.2, 0.25) is 0 Å². The molecule has 2 atom stereocenters. The zero-order valence-corrected chi connectivity index (χ0v) is 22.1. The van der Waals surface area contributed by atoms with E-state index >= 15 is 0 Å². The Morgan fingerprint density at radius 2 is 1.85 bits per heavy atom. The summed E-state index contributed by atoms with van der Waals surface area (Å²) in [6, 6.07) is 8.16. The van der Waals surface area contributed by atoms with Gasteiger partial charge < -0.3 is 14.7 Å². The first-order chi connectivity index (χ1) is 16.5. The maximum absolute atomic E-state index is 10.9. The monoisotopic (exact) mass is 522 g/mol. The minimum atomic E-state index is -0.496. The predicted molar refractivity (Wildman–Crippen MR) is 141 cm³/mol. The van der Waals surface area contributed by atoms with Crippen molar-refractivity contribution in [3.05, 3.63) is 56.2 Å². The Balaban J connectivity index is 1.18. The van der Waals surface area contributed by atoms with E-state index in [9.17, 15) is 5.11 Å². The maximum atomic E-state index is 10.9. The number of hydrogen-bond donors (Lipinski definition) is 1. The third-order valence-corrected chi connectivity index (χ3v) is 9.48. The Morgan fingerprint density at radius 1 is 1.06 bits per heavy atom. The summed E-state index contributed by atoms with van der Waals surface area (Å²) in [5, 5.41) is 16.9. The van der Waals surface area contributed by atoms with Gasteiger partial charge in [-0.3, -0.25) is 4.90 Å². The molecule has 0 spiro atoms. The first-order valence-electron chi connectivity index (χ1n) is 12.7. The fourth-order valence-electron chi connectivity index (χ4n) is 6.23. The van der Waals surface area contributed by atoms with Crippen molar-refractivity contribution in [3.63, 3.8) is 0 Å². The molecule has 0 bridgehead atoms. The van der Waals surface area contributed by atoms with Crippen LogP contribution in [0, 0.1) is 11.8 Å². The summed E-state index contributed by atoms with van der Waals surface area (Å²) in [5.74, 6) is 1.83. The summed E-state index contributed by atoms with van der Waals surface area (Å²) in [4.78, 5) is 5.24. The Labute approximate surface area is 217 Å². The average Bonchev–Trinajstić information content (AvgIpc) is 3.47. The molecular weight excluding hydrogens is 487 g/mol. The Hall–Kier alpha value is -0.660. The topological polar surface area (TPSA) is 35.9 Å². The highest BCUT2D eigenvalue weighted by Crippen LogP contribution is 2.37. The van der Waals surface area contributed by atoms with Gasteiger partial charge in [-0.15, -0.1) is 0 Å². The minimum Gasteiger partial charge on any atom is -0.390 e. The lowest BCUT2D eigenvalue weighted by Crippen LogP contribution is -2.42. The number of benzene rings is 1. The standard InChI is InChI=1S/C27H36Cl2N2O2S/c28-24-2-1-21(26(29)13-24)15-31-17-23(25(18-31)22-5-12-34-19-22)16-30-8-3-20(4-9-30)14-27(32)6-10-33-11-7-27/h1-2,5,12-13,19-20,23,25,32H,3-4,6-11,14-18H2/t23?,25-/m1/s1. The van der Waals surface area contributed by atoms with Crippen molar-refractivity contribution in [2.75, 3.05) is 45.9 Å². The summed E-state index contributed by atoms with van der Waals surface area (Å²) in [6.07, 6.45) is 4.93. The summed E-state index contributed by atoms with van der Waals surface area (Å²) < 4.78 is 5.46. The fraction of sp³-hybridized carbons (Fsp3) is 0.630. The molecule has 0 saturated carbocycles. The van der Waals surface area contributed by atoms with Crippen LogP contribution in [0.1, 0.15) is 49.1 Å². The van der Waals surface area contributed by atoms with E-state index in [4.69, 9.17) is 27.9 Å². The third-order valence-electron chi connectivity index (χ3n) is 8.19. The molecule has 0 radical (unpaired) electrons. The van der Waals surface area contributed by atoms with E-state index in [1.54, 1.807) is 11.3 Å². The van der Waals surface area contributed by atoms with E-state index in [2.05, 4.69) is 32.7 Å². The third kappa shape index (κ3) is 6.18. The van der Waals surface area contributed by atoms with Gasteiger partial charge in [0.25, 0.3) is 0 Å². The van der Waals surface area contributed by atoms with Gasteiger partial charge in [-0.05, 0) is 97.1 Å². The van der Waals surface area contributed by atoms with Gasteiger partial charge >= 0.3 is 0 Å². The Morgan fingerprint density at radius 3 is 2.56 bits per heavy atom. The highest BCUT2D eigenvalue weighted by Gasteiger charge is 2.37. The molecule has 1 N–H and O–H groups in total. The van der Waals surface area contributed by atoms with E-state index in [1.807, 2.05) is 12.1 Å². The van der Waals surface area contributed by atoms with Crippen LogP contribution in [0.3, 0.4) is 0 Å². The minimum absolute atomic E-state index is 0.496. The van der Waals surface area contributed by atoms with Crippen LogP contribution in [0.2, 0.25) is 10.0 Å². The number of aliphatic hydroxyl groups is 1. The maximum Gasteiger partial charge on any atom is 0.0694 e. The number of rotatable bonds is 7. The van der Waals surface area contributed by atoms with Gasteiger partial charge in [0.15, 0.2) is 0 Å². The highest BCUT2D eigenvalue weighted by atomic mass is 35.5. The number of hydrogen-bond acceptors (Lipinski definition) is 5. The second-order valence-electron chi connectivity index (χ2n) is 10.6. The van der Waals surface area contributed by atoms with Gasteiger partial charge in [0, 0.05) is 55.4 Å². The quantitative estimate of drug-likeness (QED) is 0.489. The first-order valence-corrected chi connectivity index (χ1v) is 14.4. The summed E-state index contributed by atoms with van der Waals surface area (Å²) >= 11 is 14.4. The number of piperidine rings is 1. The lowest BCUT2D eigenvalue weighted by atomic mass is 9.80. The van der Waals surface area contributed by atoms with Gasteiger partial charge in [0.05, 0.1) is 5.60 Å². The molecule has 3 aliphatic rings. The molecule has 1 unspecified atom stereocenters. The molecule has 2 aromatic rings. The number of halogens is 2. The van der Waals surface area contributed by atoms with Crippen LogP contribution in [0.4, 0.5) is 0 Å². The number of nitrogens with zero attached hydrogens (tertiary/aromatic N) is 2. The largest absolute Gasteiger partial charge is 0.390 e. The van der Waals surface area contributed by atoms with E-state index in [0.29, 0.717) is 36.0 Å². The first kappa shape index (κ1) is 25.0. The summed E-state index contributed by atoms with van der Waals surface area (Å²) in [6.45, 7) is 7.90. The van der Waals surface area contributed by atoms with Crippen molar-refractivity contribution in [1.82, 2.24) is 9.80 Å². The van der Waals surface area contributed by atoms with Gasteiger partial charge in [0.1, 0.15) is 0 Å². The molecule has 5 rings (SSSR count). The van der Waals surface area contributed by atoms with Gasteiger partial charge in [-0.25, -0.2) is 0 Å². The van der Waals surface area contributed by atoms with E-state index in [1.165, 1.54) is 18.4 Å². The summed E-state index contributed by atoms with van der Waals surface area (Å²) in [7, 11) is 0. The van der Waals surface area contributed by atoms with E-state index in [-0.39, 0.29) is 0 Å². The molecule has 186 valence electrons. The molecule has 0 aliphatic carbocycles. The number of ether oxygens (including phenoxy) is 1. The smallest absolute Gasteiger partial charge is 0.0694 e. The van der Waals surface area contributed by atoms with Crippen LogP contribution < -0.4 is 0 Å². The van der Waals surface area contributed by atoms with Crippen molar-refractivity contribution >= 4 is 34.5 Å². The average molecular weight is 524 g/mol. The van der Waals surface area contributed by atoms with Gasteiger partial charge in [-0.1, -0.05) is 29.3 Å². The SMILES string of the molecule is OC1(CC2CCN(CC3CN(Cc4ccc(Cl)cc4Cl)C[C@@H]3c3ccsc3)CC2)CCOCC1. The number of likely N-dealkylation sites (tertiary alicyclic amines) is 2. The van der Waals surface area contributed by atoms with E-state index in [0.717, 1.165) is 69.1 Å². The highest BCUT2D eigenvalue weighted by molar-refractivity contribution is 7.08. The lowest BCUT2D eigenvalue weighted by molar-refractivity contribution is -0.0801. The van der Waals surface area contributed by atoms with Crippen LogP contribution in [0.15, 0.2) is 35.0 Å². The molecule has 1 aromatic carbocycles. The molecule has 4 nitrogen and oxygen atoms in total. The van der Waals surface area contributed by atoms with Crippen molar-refractivity contribution < 1.29 is 9.84 Å². The second kappa shape index (κ2) is 11.2. The Kier molecular flexibility index (Phi) is 8.21. The number of thiophene rings is 1. The van der Waals surface area contributed by atoms with Crippen molar-refractivity contribution in [1.29, 1.82) is 0 Å². The van der Waals surface area contributed by atoms with Crippen LogP contribution in [-0.4, -0.2) is 66.4 Å². The molecule has 4 heterocycles. The van der Waals surface area contributed by atoms with Crippen LogP contribution in [-0.2, 0) is 11.3 Å². The fourth-order valence-corrected chi connectivity index (χ4v) is 7.42. The molecule has 34 heavy (non-hydrogen) atoms. The molecule has 3 saturated heterocycles. The zero-order chi connectivity index (χ0) is 23.5. The van der Waals surface area contributed by atoms with E-state index < -0.39 is 5.60 Å². The molecule has 7 heteroatoms. The van der Waals surface area contributed by atoms with Crippen molar-refractivity contribution in [3.8, 4) is 0 Å². The molecule has 0 amide bonds. The van der Waals surface area contributed by atoms with Crippen LogP contribution in [0.25, 0.3) is 0 Å². The molecule has 3 aliphatic heterocycles. The van der Waals surface area contributed by atoms with Crippen molar-refractivity contribution in [2.24, 2.45) is 11.8 Å². The van der Waals surface area contributed by atoms with Crippen molar-refractivity contribution in [2.45, 2.75) is 50.2 Å². The van der Waals surface area contributed by atoms with Crippen LogP contribution >= 0.6 is 34.5 Å². The van der Waals surface area contributed by atoms with Gasteiger partial charge in [-0.2, -0.15) is 11.3 Å². The normalized spacial score (nSPS) is 26.8. The summed E-state index contributed by atoms with van der Waals surface area (Å²) in [5.41, 5.74) is 2.14. The van der Waals surface area contributed by atoms with Crippen LogP contribution in [0.5, 0.6) is 0 Å².